The van der Waals surface area contributed by atoms with E-state index in [1.54, 1.807) is 0 Å². The van der Waals surface area contributed by atoms with Crippen LogP contribution >= 0.6 is 0 Å². The van der Waals surface area contributed by atoms with E-state index in [2.05, 4.69) is 5.32 Å². The van der Waals surface area contributed by atoms with E-state index in [0.717, 1.165) is 11.3 Å². The van der Waals surface area contributed by atoms with Gasteiger partial charge >= 0.3 is 0 Å². The van der Waals surface area contributed by atoms with Gasteiger partial charge in [0.05, 0.1) is 6.42 Å². The summed E-state index contributed by atoms with van der Waals surface area (Å²) in [5.41, 5.74) is 0.865. The molecule has 1 amide bonds. The second-order valence-corrected chi connectivity index (χ2v) is 5.84. The largest absolute Gasteiger partial charge is 0.488 e. The zero-order chi connectivity index (χ0) is 15.2. The average Bonchev–Trinajstić information content (AvgIpc) is 2.25. The predicted molar refractivity (Wildman–Crippen MR) is 78.8 cm³/mol. The summed E-state index contributed by atoms with van der Waals surface area (Å²) in [4.78, 5) is 22.1. The molecule has 4 heteroatoms. The van der Waals surface area contributed by atoms with Gasteiger partial charge in [0.25, 0.3) is 0 Å². The Morgan fingerprint density at radius 3 is 2.55 bits per heavy atom. The Labute approximate surface area is 120 Å². The summed E-state index contributed by atoms with van der Waals surface area (Å²) in [5.74, 6) is 0.479. The fourth-order valence-corrected chi connectivity index (χ4v) is 1.75. The van der Waals surface area contributed by atoms with Crippen molar-refractivity contribution in [1.82, 2.24) is 5.32 Å². The van der Waals surface area contributed by atoms with E-state index in [9.17, 15) is 9.59 Å². The van der Waals surface area contributed by atoms with Crippen LogP contribution < -0.4 is 10.1 Å². The van der Waals surface area contributed by atoms with Gasteiger partial charge < -0.3 is 10.1 Å². The number of ketones is 1. The molecule has 1 aromatic carbocycles. The summed E-state index contributed by atoms with van der Waals surface area (Å²) in [6.07, 6.45) is 0.665. The van der Waals surface area contributed by atoms with E-state index in [1.165, 1.54) is 6.92 Å². The van der Waals surface area contributed by atoms with Crippen molar-refractivity contribution in [3.05, 3.63) is 29.8 Å². The summed E-state index contributed by atoms with van der Waals surface area (Å²) in [6.45, 7) is 7.93. The highest BCUT2D eigenvalue weighted by Gasteiger charge is 2.11. The zero-order valence-corrected chi connectivity index (χ0v) is 12.7. The second-order valence-electron chi connectivity index (χ2n) is 5.84. The molecule has 0 fully saturated rings. The highest BCUT2D eigenvalue weighted by Crippen LogP contribution is 2.19. The van der Waals surface area contributed by atoms with Crippen molar-refractivity contribution in [2.75, 3.05) is 6.54 Å². The molecule has 0 aliphatic heterocycles. The Bertz CT molecular complexity index is 475. The van der Waals surface area contributed by atoms with E-state index in [1.807, 2.05) is 45.0 Å². The molecule has 4 nitrogen and oxygen atoms in total. The number of ether oxygens (including phenoxy) is 1. The first-order valence-electron chi connectivity index (χ1n) is 6.80. The van der Waals surface area contributed by atoms with Crippen LogP contribution in [0.2, 0.25) is 0 Å². The van der Waals surface area contributed by atoms with Gasteiger partial charge in [0, 0.05) is 6.54 Å². The molecular weight excluding hydrogens is 254 g/mol. The first kappa shape index (κ1) is 16.2. The molecule has 0 unspecified atom stereocenters. The normalized spacial score (nSPS) is 11.0. The van der Waals surface area contributed by atoms with Gasteiger partial charge in [-0.15, -0.1) is 0 Å². The number of benzene rings is 1. The third kappa shape index (κ3) is 6.92. The Hall–Kier alpha value is -1.84. The van der Waals surface area contributed by atoms with Gasteiger partial charge in [-0.3, -0.25) is 9.59 Å². The lowest BCUT2D eigenvalue weighted by Crippen LogP contribution is -2.27. The van der Waals surface area contributed by atoms with E-state index >= 15 is 0 Å². The maximum atomic E-state index is 11.3. The van der Waals surface area contributed by atoms with Crippen molar-refractivity contribution in [2.45, 2.75) is 46.1 Å². The second kappa shape index (κ2) is 7.08. The van der Waals surface area contributed by atoms with Crippen molar-refractivity contribution in [3.8, 4) is 5.75 Å². The Kier molecular flexibility index (Phi) is 5.74. The third-order valence-corrected chi connectivity index (χ3v) is 2.47. The summed E-state index contributed by atoms with van der Waals surface area (Å²) in [7, 11) is 0. The molecule has 0 atom stereocenters. The lowest BCUT2D eigenvalue weighted by atomic mass is 10.1. The fraction of sp³-hybridized carbons (Fsp3) is 0.500. The van der Waals surface area contributed by atoms with Crippen LogP contribution in [0, 0.1) is 0 Å². The fourth-order valence-electron chi connectivity index (χ4n) is 1.75. The first-order chi connectivity index (χ1) is 9.26. The Morgan fingerprint density at radius 2 is 1.95 bits per heavy atom. The number of Topliss-reactive ketones (excluding diaryl/α,β-unsaturated/α-hetero) is 1. The molecule has 0 saturated heterocycles. The molecule has 0 saturated carbocycles. The van der Waals surface area contributed by atoms with Crippen LogP contribution in [0.4, 0.5) is 0 Å². The quantitative estimate of drug-likeness (QED) is 0.813. The van der Waals surface area contributed by atoms with Crippen LogP contribution in [-0.4, -0.2) is 23.8 Å². The van der Waals surface area contributed by atoms with Crippen LogP contribution in [0.1, 0.15) is 39.7 Å². The number of hydrogen-bond donors (Lipinski definition) is 1. The van der Waals surface area contributed by atoms with Gasteiger partial charge in [-0.05, 0) is 51.8 Å². The molecule has 1 N–H and O–H groups in total. The molecule has 0 bridgehead atoms. The third-order valence-electron chi connectivity index (χ3n) is 2.47. The summed E-state index contributed by atoms with van der Waals surface area (Å²) < 4.78 is 5.79. The lowest BCUT2D eigenvalue weighted by Gasteiger charge is -2.21. The van der Waals surface area contributed by atoms with Crippen molar-refractivity contribution < 1.29 is 14.3 Å². The molecule has 0 aromatic heterocycles. The molecule has 0 aliphatic carbocycles. The van der Waals surface area contributed by atoms with Gasteiger partial charge in [0.2, 0.25) is 5.91 Å². The minimum Gasteiger partial charge on any atom is -0.488 e. The predicted octanol–water partition coefficient (Wildman–Crippen LogP) is 2.50. The number of rotatable bonds is 6. The number of carbonyl (C=O) groups excluding carboxylic acids is 2. The van der Waals surface area contributed by atoms with Gasteiger partial charge in [0.1, 0.15) is 17.1 Å². The molecule has 110 valence electrons. The zero-order valence-electron chi connectivity index (χ0n) is 12.7. The molecule has 1 aromatic rings. The SMILES string of the molecule is CC(=O)CC(=O)NCCc1cccc(OC(C)(C)C)c1. The molecule has 0 spiro atoms. The van der Waals surface area contributed by atoms with Crippen LogP contribution in [0.15, 0.2) is 24.3 Å². The monoisotopic (exact) mass is 277 g/mol. The average molecular weight is 277 g/mol. The van der Waals surface area contributed by atoms with E-state index < -0.39 is 0 Å². The minimum atomic E-state index is -0.228. The number of hydrogen-bond acceptors (Lipinski definition) is 3. The standard InChI is InChI=1S/C16H23NO3/c1-12(18)10-15(19)17-9-8-13-6-5-7-14(11-13)20-16(2,3)4/h5-7,11H,8-10H2,1-4H3,(H,17,19). The summed E-state index contributed by atoms with van der Waals surface area (Å²) in [5, 5.41) is 2.73. The molecule has 0 radical (unpaired) electrons. The van der Waals surface area contributed by atoms with E-state index in [-0.39, 0.29) is 23.7 Å². The summed E-state index contributed by atoms with van der Waals surface area (Å²) in [6, 6.07) is 7.83. The van der Waals surface area contributed by atoms with Gasteiger partial charge in [-0.25, -0.2) is 0 Å². The van der Waals surface area contributed by atoms with Crippen LogP contribution in [0.3, 0.4) is 0 Å². The smallest absolute Gasteiger partial charge is 0.227 e. The van der Waals surface area contributed by atoms with Gasteiger partial charge in [-0.1, -0.05) is 12.1 Å². The van der Waals surface area contributed by atoms with E-state index in [4.69, 9.17) is 4.74 Å². The highest BCUT2D eigenvalue weighted by atomic mass is 16.5. The number of nitrogens with one attached hydrogen (secondary N) is 1. The minimum absolute atomic E-state index is 0.0484. The number of amides is 1. The van der Waals surface area contributed by atoms with Crippen LogP contribution in [0.5, 0.6) is 5.75 Å². The Morgan fingerprint density at radius 1 is 1.25 bits per heavy atom. The highest BCUT2D eigenvalue weighted by molar-refractivity contribution is 5.96. The van der Waals surface area contributed by atoms with Crippen molar-refractivity contribution in [1.29, 1.82) is 0 Å². The molecule has 0 heterocycles. The molecule has 1 rings (SSSR count). The van der Waals surface area contributed by atoms with Crippen LogP contribution in [0.25, 0.3) is 0 Å². The van der Waals surface area contributed by atoms with E-state index in [0.29, 0.717) is 13.0 Å². The maximum Gasteiger partial charge on any atom is 0.227 e. The molecular formula is C16H23NO3. The van der Waals surface area contributed by atoms with Gasteiger partial charge in [-0.2, -0.15) is 0 Å². The summed E-state index contributed by atoms with van der Waals surface area (Å²) >= 11 is 0. The molecule has 20 heavy (non-hydrogen) atoms. The lowest BCUT2D eigenvalue weighted by molar-refractivity contribution is -0.127. The maximum absolute atomic E-state index is 11.3. The van der Waals surface area contributed by atoms with Crippen LogP contribution in [-0.2, 0) is 16.0 Å². The topological polar surface area (TPSA) is 55.4 Å². The number of carbonyl (C=O) groups is 2. The van der Waals surface area contributed by atoms with Crippen molar-refractivity contribution in [2.24, 2.45) is 0 Å². The Balaban J connectivity index is 2.46. The molecule has 0 aliphatic rings. The van der Waals surface area contributed by atoms with Crippen molar-refractivity contribution in [3.63, 3.8) is 0 Å². The van der Waals surface area contributed by atoms with Gasteiger partial charge in [0.15, 0.2) is 0 Å². The first-order valence-corrected chi connectivity index (χ1v) is 6.80. The van der Waals surface area contributed by atoms with Crippen molar-refractivity contribution >= 4 is 11.7 Å².